The Bertz CT molecular complexity index is 797. The van der Waals surface area contributed by atoms with Gasteiger partial charge in [0.25, 0.3) is 11.8 Å². The number of aryl methyl sites for hydroxylation is 1. The Balaban J connectivity index is 2.25. The molecule has 1 aromatic carbocycles. The Morgan fingerprint density at radius 1 is 1.20 bits per heavy atom. The summed E-state index contributed by atoms with van der Waals surface area (Å²) in [7, 11) is 0. The molecule has 0 unspecified atom stereocenters. The van der Waals surface area contributed by atoms with Crippen LogP contribution in [0.15, 0.2) is 49.3 Å². The first-order chi connectivity index (χ1) is 11.9. The lowest BCUT2D eigenvalue weighted by atomic mass is 9.98. The van der Waals surface area contributed by atoms with E-state index in [0.717, 1.165) is 16.8 Å². The van der Waals surface area contributed by atoms with Crippen molar-refractivity contribution in [3.05, 3.63) is 71.6 Å². The molecule has 0 aliphatic heterocycles. The fraction of sp³-hybridized carbons (Fsp3) is 0.250. The highest BCUT2D eigenvalue weighted by Crippen LogP contribution is 2.27. The number of pyridine rings is 1. The highest BCUT2D eigenvalue weighted by Gasteiger charge is 2.15. The summed E-state index contributed by atoms with van der Waals surface area (Å²) in [6.45, 7) is 10.0. The first-order valence-electron chi connectivity index (χ1n) is 8.19. The van der Waals surface area contributed by atoms with Crippen LogP contribution in [0, 0.1) is 6.92 Å². The molecule has 2 amide bonds. The Morgan fingerprint density at radius 3 is 2.52 bits per heavy atom. The first-order valence-corrected chi connectivity index (χ1v) is 8.19. The molecule has 2 aromatic rings. The third kappa shape index (κ3) is 4.53. The zero-order valence-electron chi connectivity index (χ0n) is 14.8. The van der Waals surface area contributed by atoms with E-state index in [4.69, 9.17) is 0 Å². The van der Waals surface area contributed by atoms with Gasteiger partial charge in [-0.1, -0.05) is 38.1 Å². The molecule has 0 fully saturated rings. The predicted octanol–water partition coefficient (Wildman–Crippen LogP) is 3.68. The zero-order valence-corrected chi connectivity index (χ0v) is 14.8. The molecule has 5 heteroatoms. The quantitative estimate of drug-likeness (QED) is 0.790. The normalized spacial score (nSPS) is 10.4. The average molecular weight is 337 g/mol. The van der Waals surface area contributed by atoms with E-state index in [0.29, 0.717) is 17.7 Å². The summed E-state index contributed by atoms with van der Waals surface area (Å²) >= 11 is 0. The molecule has 5 nitrogen and oxygen atoms in total. The van der Waals surface area contributed by atoms with Gasteiger partial charge in [0, 0.05) is 24.6 Å². The molecular formula is C20H23N3O2. The Kier molecular flexibility index (Phi) is 6.06. The number of nitrogens with zero attached hydrogens (tertiary/aromatic N) is 1. The molecule has 0 radical (unpaired) electrons. The minimum absolute atomic E-state index is 0.282. The van der Waals surface area contributed by atoms with Crippen molar-refractivity contribution in [3.8, 4) is 0 Å². The largest absolute Gasteiger partial charge is 0.349 e. The topological polar surface area (TPSA) is 71.1 Å². The van der Waals surface area contributed by atoms with E-state index in [-0.39, 0.29) is 17.7 Å². The Hall–Kier alpha value is -2.95. The van der Waals surface area contributed by atoms with Crippen LogP contribution >= 0.6 is 0 Å². The van der Waals surface area contributed by atoms with Crippen molar-refractivity contribution in [1.29, 1.82) is 0 Å². The number of benzene rings is 1. The molecule has 2 rings (SSSR count). The van der Waals surface area contributed by atoms with Gasteiger partial charge in [-0.15, -0.1) is 6.58 Å². The second kappa shape index (κ2) is 8.24. The van der Waals surface area contributed by atoms with Gasteiger partial charge in [-0.25, -0.2) is 0 Å². The van der Waals surface area contributed by atoms with Crippen LogP contribution in [0.1, 0.15) is 51.6 Å². The van der Waals surface area contributed by atoms with Gasteiger partial charge in [-0.3, -0.25) is 14.6 Å². The van der Waals surface area contributed by atoms with Crippen LogP contribution in [0.5, 0.6) is 0 Å². The van der Waals surface area contributed by atoms with E-state index in [1.165, 1.54) is 18.5 Å². The number of amides is 2. The van der Waals surface area contributed by atoms with E-state index in [2.05, 4.69) is 36.0 Å². The van der Waals surface area contributed by atoms with Gasteiger partial charge < -0.3 is 10.6 Å². The van der Waals surface area contributed by atoms with Gasteiger partial charge in [0.2, 0.25) is 0 Å². The molecule has 0 saturated carbocycles. The van der Waals surface area contributed by atoms with Gasteiger partial charge in [0.05, 0.1) is 11.1 Å². The summed E-state index contributed by atoms with van der Waals surface area (Å²) in [5, 5.41) is 5.63. The molecule has 25 heavy (non-hydrogen) atoms. The van der Waals surface area contributed by atoms with Crippen molar-refractivity contribution in [2.24, 2.45) is 0 Å². The molecule has 0 saturated heterocycles. The van der Waals surface area contributed by atoms with Gasteiger partial charge in [0.15, 0.2) is 0 Å². The number of carbonyl (C=O) groups excluding carboxylic acids is 2. The minimum atomic E-state index is -0.291. The fourth-order valence-corrected chi connectivity index (χ4v) is 2.48. The van der Waals surface area contributed by atoms with Crippen LogP contribution in [0.2, 0.25) is 0 Å². The van der Waals surface area contributed by atoms with Crippen molar-refractivity contribution in [2.75, 3.05) is 11.9 Å². The maximum Gasteiger partial charge on any atom is 0.257 e. The summed E-state index contributed by atoms with van der Waals surface area (Å²) in [6.07, 6.45) is 4.48. The molecule has 0 atom stereocenters. The molecule has 1 aromatic heterocycles. The first kappa shape index (κ1) is 18.4. The monoisotopic (exact) mass is 337 g/mol. The number of rotatable bonds is 6. The van der Waals surface area contributed by atoms with Crippen LogP contribution < -0.4 is 10.6 Å². The molecule has 0 spiro atoms. The van der Waals surface area contributed by atoms with E-state index in [1.54, 1.807) is 6.08 Å². The fourth-order valence-electron chi connectivity index (χ4n) is 2.48. The summed E-state index contributed by atoms with van der Waals surface area (Å²) in [4.78, 5) is 28.6. The maximum absolute atomic E-state index is 12.6. The molecule has 2 N–H and O–H groups in total. The van der Waals surface area contributed by atoms with Crippen LogP contribution in [0.4, 0.5) is 5.69 Å². The lowest BCUT2D eigenvalue weighted by Crippen LogP contribution is -2.24. The van der Waals surface area contributed by atoms with Gasteiger partial charge >= 0.3 is 0 Å². The third-order valence-electron chi connectivity index (χ3n) is 3.84. The second-order valence-electron chi connectivity index (χ2n) is 6.11. The zero-order chi connectivity index (χ0) is 18.4. The second-order valence-corrected chi connectivity index (χ2v) is 6.11. The maximum atomic E-state index is 12.6. The molecule has 0 aliphatic carbocycles. The van der Waals surface area contributed by atoms with Crippen LogP contribution in [0.3, 0.4) is 0 Å². The van der Waals surface area contributed by atoms with E-state index in [9.17, 15) is 9.59 Å². The number of anilines is 1. The number of hydrogen-bond acceptors (Lipinski definition) is 3. The number of hydrogen-bond donors (Lipinski definition) is 2. The van der Waals surface area contributed by atoms with Crippen molar-refractivity contribution in [2.45, 2.75) is 26.7 Å². The summed E-state index contributed by atoms with van der Waals surface area (Å²) < 4.78 is 0. The smallest absolute Gasteiger partial charge is 0.257 e. The number of carbonyl (C=O) groups is 2. The Labute approximate surface area is 148 Å². The van der Waals surface area contributed by atoms with Gasteiger partial charge in [0.1, 0.15) is 0 Å². The summed E-state index contributed by atoms with van der Waals surface area (Å²) in [5.41, 5.74) is 3.55. The van der Waals surface area contributed by atoms with Crippen molar-refractivity contribution in [1.82, 2.24) is 10.3 Å². The number of para-hydroxylation sites is 1. The van der Waals surface area contributed by atoms with Crippen molar-refractivity contribution in [3.63, 3.8) is 0 Å². The third-order valence-corrected chi connectivity index (χ3v) is 3.84. The van der Waals surface area contributed by atoms with Crippen molar-refractivity contribution >= 4 is 17.5 Å². The standard InChI is InChI=1S/C20H23N3O2/c1-5-9-22-19(24)15-10-16(12-21-11-15)20(25)23-18-14(4)7-6-8-17(18)13(2)3/h5-8,10-13H,1,9H2,2-4H3,(H,22,24)(H,23,25). The average Bonchev–Trinajstić information content (AvgIpc) is 2.61. The summed E-state index contributed by atoms with van der Waals surface area (Å²) in [5.74, 6) is -0.299. The van der Waals surface area contributed by atoms with Crippen LogP contribution in [0.25, 0.3) is 0 Å². The molecule has 0 aliphatic rings. The van der Waals surface area contributed by atoms with Gasteiger partial charge in [-0.05, 0) is 30.0 Å². The molecule has 130 valence electrons. The lowest BCUT2D eigenvalue weighted by molar-refractivity contribution is 0.0957. The van der Waals surface area contributed by atoms with E-state index >= 15 is 0 Å². The van der Waals surface area contributed by atoms with E-state index < -0.39 is 0 Å². The van der Waals surface area contributed by atoms with E-state index in [1.807, 2.05) is 25.1 Å². The molecule has 1 heterocycles. The lowest BCUT2D eigenvalue weighted by Gasteiger charge is -2.16. The molecule has 0 bridgehead atoms. The van der Waals surface area contributed by atoms with Crippen LogP contribution in [-0.2, 0) is 0 Å². The summed E-state index contributed by atoms with van der Waals surface area (Å²) in [6, 6.07) is 7.48. The van der Waals surface area contributed by atoms with Crippen molar-refractivity contribution < 1.29 is 9.59 Å². The highest BCUT2D eigenvalue weighted by atomic mass is 16.2. The van der Waals surface area contributed by atoms with Crippen LogP contribution in [-0.4, -0.2) is 23.3 Å². The SMILES string of the molecule is C=CCNC(=O)c1cncc(C(=O)Nc2c(C)cccc2C(C)C)c1. The molecular weight excluding hydrogens is 314 g/mol. The predicted molar refractivity (Wildman–Crippen MR) is 100.0 cm³/mol. The number of nitrogens with one attached hydrogen (secondary N) is 2. The van der Waals surface area contributed by atoms with Gasteiger partial charge in [-0.2, -0.15) is 0 Å². The minimum Gasteiger partial charge on any atom is -0.349 e. The highest BCUT2D eigenvalue weighted by molar-refractivity contribution is 6.06. The number of aromatic nitrogens is 1. The Morgan fingerprint density at radius 2 is 1.88 bits per heavy atom.